The highest BCUT2D eigenvalue weighted by atomic mass is 35.5. The summed E-state index contributed by atoms with van der Waals surface area (Å²) in [5.74, 6) is 0.518. The van der Waals surface area contributed by atoms with E-state index in [0.717, 1.165) is 5.56 Å². The molecule has 3 aromatic rings. The summed E-state index contributed by atoms with van der Waals surface area (Å²) in [6.45, 7) is 4.45. The monoisotopic (exact) mass is 450 g/mol. The summed E-state index contributed by atoms with van der Waals surface area (Å²) in [7, 11) is 0. The number of carbonyl (C=O) groups excluding carboxylic acids is 1. The topological polar surface area (TPSA) is 59.8 Å². The molecule has 0 aliphatic carbocycles. The number of allylic oxidation sites excluding steroid dienone is 1. The predicted octanol–water partition coefficient (Wildman–Crippen LogP) is 5.13. The van der Waals surface area contributed by atoms with Crippen LogP contribution >= 0.6 is 35.0 Å². The van der Waals surface area contributed by atoms with E-state index in [9.17, 15) is 9.18 Å². The molecule has 0 fully saturated rings. The van der Waals surface area contributed by atoms with Crippen LogP contribution in [0.3, 0.4) is 0 Å². The second kappa shape index (κ2) is 9.91. The third-order valence-electron chi connectivity index (χ3n) is 3.97. The van der Waals surface area contributed by atoms with Crippen molar-refractivity contribution in [2.24, 2.45) is 0 Å². The van der Waals surface area contributed by atoms with Crippen LogP contribution in [0, 0.1) is 5.82 Å². The van der Waals surface area contributed by atoms with Gasteiger partial charge in [-0.3, -0.25) is 4.79 Å². The molecule has 0 saturated heterocycles. The molecule has 5 nitrogen and oxygen atoms in total. The molecular formula is C20H17Cl2FN4OS. The Balaban J connectivity index is 1.67. The van der Waals surface area contributed by atoms with Gasteiger partial charge in [-0.25, -0.2) is 4.39 Å². The van der Waals surface area contributed by atoms with E-state index in [-0.39, 0.29) is 12.5 Å². The van der Waals surface area contributed by atoms with Crippen molar-refractivity contribution in [3.63, 3.8) is 0 Å². The summed E-state index contributed by atoms with van der Waals surface area (Å²) in [6, 6.07) is 10.8. The second-order valence-electron chi connectivity index (χ2n) is 6.02. The van der Waals surface area contributed by atoms with Crippen LogP contribution in [0.4, 0.5) is 4.39 Å². The first-order valence-electron chi connectivity index (χ1n) is 8.61. The number of nitrogens with one attached hydrogen (secondary N) is 1. The lowest BCUT2D eigenvalue weighted by Gasteiger charge is -2.09. The van der Waals surface area contributed by atoms with Gasteiger partial charge in [0, 0.05) is 17.9 Å². The average molecular weight is 451 g/mol. The quantitative estimate of drug-likeness (QED) is 0.381. The predicted molar refractivity (Wildman–Crippen MR) is 114 cm³/mol. The van der Waals surface area contributed by atoms with Gasteiger partial charge in [0.2, 0.25) is 0 Å². The first kappa shape index (κ1) is 21.4. The molecule has 0 unspecified atom stereocenters. The number of amides is 1. The van der Waals surface area contributed by atoms with E-state index >= 15 is 0 Å². The fraction of sp³-hybridized carbons (Fsp3) is 0.150. The van der Waals surface area contributed by atoms with E-state index in [1.165, 1.54) is 36.0 Å². The van der Waals surface area contributed by atoms with Crippen LogP contribution in [0.2, 0.25) is 10.0 Å². The Morgan fingerprint density at radius 1 is 1.17 bits per heavy atom. The van der Waals surface area contributed by atoms with Crippen LogP contribution in [0.25, 0.3) is 0 Å². The normalized spacial score (nSPS) is 10.7. The highest BCUT2D eigenvalue weighted by molar-refractivity contribution is 7.98. The molecule has 0 spiro atoms. The first-order valence-corrected chi connectivity index (χ1v) is 10.4. The fourth-order valence-electron chi connectivity index (χ4n) is 2.51. The fourth-order valence-corrected chi connectivity index (χ4v) is 3.74. The summed E-state index contributed by atoms with van der Waals surface area (Å²) < 4.78 is 14.9. The van der Waals surface area contributed by atoms with Crippen LogP contribution in [-0.4, -0.2) is 20.7 Å². The highest BCUT2D eigenvalue weighted by Gasteiger charge is 2.14. The summed E-state index contributed by atoms with van der Waals surface area (Å²) >= 11 is 13.5. The van der Waals surface area contributed by atoms with Crippen molar-refractivity contribution in [2.45, 2.75) is 24.0 Å². The van der Waals surface area contributed by atoms with Crippen LogP contribution in [-0.2, 0) is 18.8 Å². The van der Waals surface area contributed by atoms with Gasteiger partial charge < -0.3 is 9.88 Å². The summed E-state index contributed by atoms with van der Waals surface area (Å²) in [5.41, 5.74) is 1.37. The molecule has 0 saturated carbocycles. The molecule has 0 aliphatic rings. The molecule has 2 aromatic carbocycles. The maximum atomic E-state index is 13.0. The van der Waals surface area contributed by atoms with Crippen molar-refractivity contribution >= 4 is 40.9 Å². The number of halogens is 3. The minimum Gasteiger partial charge on any atom is -0.345 e. The Hall–Kier alpha value is -2.35. The van der Waals surface area contributed by atoms with Crippen molar-refractivity contribution in [1.29, 1.82) is 0 Å². The molecule has 29 heavy (non-hydrogen) atoms. The summed E-state index contributed by atoms with van der Waals surface area (Å²) in [4.78, 5) is 12.2. The largest absolute Gasteiger partial charge is 0.345 e. The number of carbonyl (C=O) groups is 1. The molecule has 1 heterocycles. The molecule has 0 atom stereocenters. The Bertz CT molecular complexity index is 1020. The van der Waals surface area contributed by atoms with E-state index in [0.29, 0.717) is 38.9 Å². The van der Waals surface area contributed by atoms with E-state index in [1.807, 2.05) is 16.7 Å². The minimum absolute atomic E-state index is 0.185. The lowest BCUT2D eigenvalue weighted by Crippen LogP contribution is -2.24. The summed E-state index contributed by atoms with van der Waals surface area (Å²) in [6.07, 6.45) is 1.73. The van der Waals surface area contributed by atoms with E-state index in [1.54, 1.807) is 12.1 Å². The zero-order chi connectivity index (χ0) is 20.8. The Kier molecular flexibility index (Phi) is 7.30. The van der Waals surface area contributed by atoms with E-state index in [2.05, 4.69) is 22.1 Å². The lowest BCUT2D eigenvalue weighted by molar-refractivity contribution is 0.0949. The molecule has 0 aliphatic heterocycles. The molecule has 0 bridgehead atoms. The van der Waals surface area contributed by atoms with Crippen molar-refractivity contribution in [2.75, 3.05) is 0 Å². The highest BCUT2D eigenvalue weighted by Crippen LogP contribution is 2.27. The Morgan fingerprint density at radius 3 is 2.62 bits per heavy atom. The van der Waals surface area contributed by atoms with Crippen molar-refractivity contribution in [1.82, 2.24) is 20.1 Å². The van der Waals surface area contributed by atoms with E-state index in [4.69, 9.17) is 23.2 Å². The molecule has 1 N–H and O–H groups in total. The molecule has 9 heteroatoms. The number of rotatable bonds is 8. The van der Waals surface area contributed by atoms with Gasteiger partial charge in [0.25, 0.3) is 5.91 Å². The molecule has 150 valence electrons. The SMILES string of the molecule is C=CCn1c(CNC(=O)c2ccc(F)cc2)nnc1SCc1ccc(Cl)c(Cl)c1. The van der Waals surface area contributed by atoms with Gasteiger partial charge in [-0.1, -0.05) is 47.1 Å². The van der Waals surface area contributed by atoms with Gasteiger partial charge in [0.1, 0.15) is 5.82 Å². The van der Waals surface area contributed by atoms with Gasteiger partial charge in [-0.05, 0) is 42.0 Å². The first-order chi connectivity index (χ1) is 14.0. The number of nitrogens with zero attached hydrogens (tertiary/aromatic N) is 3. The zero-order valence-electron chi connectivity index (χ0n) is 15.2. The van der Waals surface area contributed by atoms with Gasteiger partial charge in [0.15, 0.2) is 11.0 Å². The van der Waals surface area contributed by atoms with Crippen LogP contribution < -0.4 is 5.32 Å². The molecule has 0 radical (unpaired) electrons. The van der Waals surface area contributed by atoms with Gasteiger partial charge in [0.05, 0.1) is 16.6 Å². The number of hydrogen-bond donors (Lipinski definition) is 1. The maximum absolute atomic E-state index is 13.0. The van der Waals surface area contributed by atoms with Crippen molar-refractivity contribution in [3.05, 3.63) is 87.9 Å². The number of thioether (sulfide) groups is 1. The maximum Gasteiger partial charge on any atom is 0.251 e. The van der Waals surface area contributed by atoms with Crippen LogP contribution in [0.5, 0.6) is 0 Å². The standard InChI is InChI=1S/C20H17Cl2FN4OS/c1-2-9-27-18(11-24-19(28)14-4-6-15(23)7-5-14)25-26-20(27)29-12-13-3-8-16(21)17(22)10-13/h2-8,10H,1,9,11-12H2,(H,24,28). The molecule has 1 aromatic heterocycles. The lowest BCUT2D eigenvalue weighted by atomic mass is 10.2. The number of benzene rings is 2. The Morgan fingerprint density at radius 2 is 1.93 bits per heavy atom. The summed E-state index contributed by atoms with van der Waals surface area (Å²) in [5, 5.41) is 12.9. The average Bonchev–Trinajstić information content (AvgIpc) is 3.09. The molecular weight excluding hydrogens is 434 g/mol. The van der Waals surface area contributed by atoms with Crippen LogP contribution in [0.15, 0.2) is 60.3 Å². The Labute approximate surface area is 181 Å². The van der Waals surface area contributed by atoms with Gasteiger partial charge in [-0.15, -0.1) is 16.8 Å². The molecule has 3 rings (SSSR count). The second-order valence-corrected chi connectivity index (χ2v) is 7.78. The minimum atomic E-state index is -0.393. The van der Waals surface area contributed by atoms with Crippen molar-refractivity contribution in [3.8, 4) is 0 Å². The van der Waals surface area contributed by atoms with Crippen LogP contribution in [0.1, 0.15) is 21.7 Å². The number of hydrogen-bond acceptors (Lipinski definition) is 4. The van der Waals surface area contributed by atoms with Crippen molar-refractivity contribution < 1.29 is 9.18 Å². The smallest absolute Gasteiger partial charge is 0.251 e. The van der Waals surface area contributed by atoms with Gasteiger partial charge in [-0.2, -0.15) is 0 Å². The van der Waals surface area contributed by atoms with E-state index < -0.39 is 5.82 Å². The number of aromatic nitrogens is 3. The third kappa shape index (κ3) is 5.59. The third-order valence-corrected chi connectivity index (χ3v) is 5.75. The van der Waals surface area contributed by atoms with Gasteiger partial charge >= 0.3 is 0 Å². The zero-order valence-corrected chi connectivity index (χ0v) is 17.6. The molecule has 1 amide bonds.